The number of hydrogen-bond donors (Lipinski definition) is 1. The molecule has 0 atom stereocenters. The molecule has 27 heavy (non-hydrogen) atoms. The van der Waals surface area contributed by atoms with E-state index in [0.717, 1.165) is 11.1 Å². The van der Waals surface area contributed by atoms with Crippen LogP contribution < -0.4 is 10.1 Å². The second-order valence-corrected chi connectivity index (χ2v) is 5.97. The second kappa shape index (κ2) is 8.31. The first-order valence-electron chi connectivity index (χ1n) is 8.42. The summed E-state index contributed by atoms with van der Waals surface area (Å²) >= 11 is 0. The van der Waals surface area contributed by atoms with Gasteiger partial charge < -0.3 is 14.6 Å². The lowest BCUT2D eigenvalue weighted by atomic mass is 10.2. The Bertz CT molecular complexity index is 948. The molecule has 1 heterocycles. The first-order chi connectivity index (χ1) is 13.1. The molecule has 2 aromatic carbocycles. The molecule has 0 radical (unpaired) electrons. The van der Waals surface area contributed by atoms with Gasteiger partial charge in [-0.2, -0.15) is 0 Å². The molecular weight excluding hydrogens is 347 g/mol. The highest BCUT2D eigenvalue weighted by molar-refractivity contribution is 6.42. The minimum atomic E-state index is -0.694. The Morgan fingerprint density at radius 3 is 2.52 bits per heavy atom. The van der Waals surface area contributed by atoms with E-state index < -0.39 is 11.7 Å². The lowest BCUT2D eigenvalue weighted by Crippen LogP contribution is -2.32. The lowest BCUT2D eigenvalue weighted by molar-refractivity contribution is -0.117. The highest BCUT2D eigenvalue weighted by Gasteiger charge is 2.20. The number of ketones is 1. The summed E-state index contributed by atoms with van der Waals surface area (Å²) < 4.78 is 19.9. The van der Waals surface area contributed by atoms with E-state index in [4.69, 9.17) is 4.74 Å². The zero-order valence-electron chi connectivity index (χ0n) is 14.8. The van der Waals surface area contributed by atoms with E-state index in [0.29, 0.717) is 12.3 Å². The number of nitrogens with zero attached hydrogens (tertiary/aromatic N) is 1. The van der Waals surface area contributed by atoms with Crippen LogP contribution in [0.25, 0.3) is 0 Å². The number of nitrogens with one attached hydrogen (secondary N) is 1. The van der Waals surface area contributed by atoms with E-state index in [1.165, 1.54) is 12.1 Å². The van der Waals surface area contributed by atoms with E-state index >= 15 is 0 Å². The number of rotatable bonds is 7. The van der Waals surface area contributed by atoms with Crippen LogP contribution in [0.1, 0.15) is 21.6 Å². The van der Waals surface area contributed by atoms with Crippen molar-refractivity contribution in [3.8, 4) is 5.75 Å². The van der Waals surface area contributed by atoms with Crippen molar-refractivity contribution in [2.45, 2.75) is 13.1 Å². The van der Waals surface area contributed by atoms with Crippen molar-refractivity contribution in [3.05, 3.63) is 89.5 Å². The molecular formula is C21H19FN2O3. The number of benzene rings is 2. The summed E-state index contributed by atoms with van der Waals surface area (Å²) in [5, 5.41) is 2.63. The van der Waals surface area contributed by atoms with Gasteiger partial charge in [0.2, 0.25) is 0 Å². The number of carbonyl (C=O) groups is 2. The van der Waals surface area contributed by atoms with Crippen molar-refractivity contribution >= 4 is 11.7 Å². The van der Waals surface area contributed by atoms with Crippen molar-refractivity contribution in [2.24, 2.45) is 0 Å². The van der Waals surface area contributed by atoms with E-state index in [9.17, 15) is 14.0 Å². The molecule has 1 N–H and O–H groups in total. The number of aromatic nitrogens is 1. The van der Waals surface area contributed by atoms with Crippen LogP contribution in [-0.4, -0.2) is 23.4 Å². The van der Waals surface area contributed by atoms with Crippen molar-refractivity contribution in [1.82, 2.24) is 9.88 Å². The summed E-state index contributed by atoms with van der Waals surface area (Å²) in [6.45, 7) is 0.557. The van der Waals surface area contributed by atoms with Gasteiger partial charge in [-0.1, -0.05) is 30.3 Å². The fourth-order valence-corrected chi connectivity index (χ4v) is 2.77. The predicted molar refractivity (Wildman–Crippen MR) is 99.1 cm³/mol. The number of carbonyl (C=O) groups excluding carboxylic acids is 2. The zero-order chi connectivity index (χ0) is 19.2. The number of ether oxygens (including phenoxy) is 1. The van der Waals surface area contributed by atoms with Crippen LogP contribution in [0.15, 0.2) is 66.9 Å². The van der Waals surface area contributed by atoms with E-state index in [1.807, 2.05) is 18.2 Å². The monoisotopic (exact) mass is 366 g/mol. The molecule has 0 aliphatic carbocycles. The number of Topliss-reactive ketones (excluding diaryl/α,β-unsaturated/α-hetero) is 1. The maximum atomic E-state index is 13.0. The first-order valence-corrected chi connectivity index (χ1v) is 8.42. The van der Waals surface area contributed by atoms with Crippen molar-refractivity contribution in [2.75, 3.05) is 7.11 Å². The molecule has 1 amide bonds. The number of halogens is 1. The Hall–Kier alpha value is -3.41. The Labute approximate surface area is 156 Å². The first kappa shape index (κ1) is 18.4. The average molecular weight is 366 g/mol. The summed E-state index contributed by atoms with van der Waals surface area (Å²) in [5.74, 6) is -1.000. The van der Waals surface area contributed by atoms with Gasteiger partial charge in [0.15, 0.2) is 0 Å². The maximum Gasteiger partial charge on any atom is 0.294 e. The molecule has 0 fully saturated rings. The second-order valence-electron chi connectivity index (χ2n) is 5.97. The number of para-hydroxylation sites is 1. The van der Waals surface area contributed by atoms with Crippen LogP contribution in [0.3, 0.4) is 0 Å². The van der Waals surface area contributed by atoms with E-state index in [1.54, 1.807) is 48.2 Å². The molecule has 0 unspecified atom stereocenters. The SMILES string of the molecule is COc1ccccc1CNC(=O)C(=O)c1cccn1Cc1ccc(F)cc1. The molecule has 138 valence electrons. The van der Waals surface area contributed by atoms with Gasteiger partial charge in [0.05, 0.1) is 12.8 Å². The third-order valence-electron chi connectivity index (χ3n) is 4.17. The Morgan fingerprint density at radius 1 is 1.04 bits per heavy atom. The molecule has 0 saturated carbocycles. The van der Waals surface area contributed by atoms with Gasteiger partial charge in [-0.25, -0.2) is 4.39 Å². The number of amides is 1. The molecule has 1 aromatic heterocycles. The standard InChI is InChI=1S/C21H19FN2O3/c1-27-19-7-3-2-5-16(19)13-23-21(26)20(25)18-6-4-12-24(18)14-15-8-10-17(22)11-9-15/h2-12H,13-14H2,1H3,(H,23,26). The van der Waals surface area contributed by atoms with Gasteiger partial charge in [0, 0.05) is 24.8 Å². The van der Waals surface area contributed by atoms with Gasteiger partial charge >= 0.3 is 0 Å². The van der Waals surface area contributed by atoms with Crippen LogP contribution >= 0.6 is 0 Å². The summed E-state index contributed by atoms with van der Waals surface area (Å²) in [5.41, 5.74) is 1.88. The molecule has 0 saturated heterocycles. The smallest absolute Gasteiger partial charge is 0.294 e. The topological polar surface area (TPSA) is 60.3 Å². The average Bonchev–Trinajstić information content (AvgIpc) is 3.15. The summed E-state index contributed by atoms with van der Waals surface area (Å²) in [6.07, 6.45) is 1.71. The molecule has 6 heteroatoms. The van der Waals surface area contributed by atoms with Gasteiger partial charge in [-0.3, -0.25) is 9.59 Å². The normalized spacial score (nSPS) is 10.4. The molecule has 0 aliphatic rings. The van der Waals surface area contributed by atoms with Crippen molar-refractivity contribution in [1.29, 1.82) is 0 Å². The molecule has 5 nitrogen and oxygen atoms in total. The Kier molecular flexibility index (Phi) is 5.66. The fraction of sp³-hybridized carbons (Fsp3) is 0.143. The minimum absolute atomic E-state index is 0.188. The Morgan fingerprint density at radius 2 is 1.78 bits per heavy atom. The van der Waals surface area contributed by atoms with Crippen LogP contribution in [0.2, 0.25) is 0 Å². The molecule has 3 rings (SSSR count). The largest absolute Gasteiger partial charge is 0.496 e. The Balaban J connectivity index is 1.68. The fourth-order valence-electron chi connectivity index (χ4n) is 2.77. The quantitative estimate of drug-likeness (QED) is 0.516. The number of hydrogen-bond acceptors (Lipinski definition) is 3. The predicted octanol–water partition coefficient (Wildman–Crippen LogP) is 3.18. The van der Waals surface area contributed by atoms with Gasteiger partial charge in [-0.05, 0) is 35.9 Å². The summed E-state index contributed by atoms with van der Waals surface area (Å²) in [6, 6.07) is 16.6. The van der Waals surface area contributed by atoms with E-state index in [-0.39, 0.29) is 18.1 Å². The molecule has 0 aliphatic heterocycles. The molecule has 0 spiro atoms. The van der Waals surface area contributed by atoms with Gasteiger partial charge in [-0.15, -0.1) is 0 Å². The maximum absolute atomic E-state index is 13.0. The zero-order valence-corrected chi connectivity index (χ0v) is 14.8. The van der Waals surface area contributed by atoms with Crippen LogP contribution in [-0.2, 0) is 17.9 Å². The third-order valence-corrected chi connectivity index (χ3v) is 4.17. The highest BCUT2D eigenvalue weighted by atomic mass is 19.1. The third kappa shape index (κ3) is 4.41. The van der Waals surface area contributed by atoms with Gasteiger partial charge in [0.1, 0.15) is 11.6 Å². The molecule has 0 bridgehead atoms. The van der Waals surface area contributed by atoms with Crippen molar-refractivity contribution in [3.63, 3.8) is 0 Å². The van der Waals surface area contributed by atoms with Crippen molar-refractivity contribution < 1.29 is 18.7 Å². The van der Waals surface area contributed by atoms with Crippen LogP contribution in [0.5, 0.6) is 5.75 Å². The summed E-state index contributed by atoms with van der Waals surface area (Å²) in [7, 11) is 1.55. The number of methoxy groups -OCH3 is 1. The summed E-state index contributed by atoms with van der Waals surface area (Å²) in [4.78, 5) is 24.8. The van der Waals surface area contributed by atoms with E-state index in [2.05, 4.69) is 5.32 Å². The minimum Gasteiger partial charge on any atom is -0.496 e. The lowest BCUT2D eigenvalue weighted by Gasteiger charge is -2.11. The van der Waals surface area contributed by atoms with Crippen LogP contribution in [0, 0.1) is 5.82 Å². The van der Waals surface area contributed by atoms with Crippen LogP contribution in [0.4, 0.5) is 4.39 Å². The molecule has 3 aromatic rings. The highest BCUT2D eigenvalue weighted by Crippen LogP contribution is 2.17. The van der Waals surface area contributed by atoms with Gasteiger partial charge in [0.25, 0.3) is 11.7 Å².